The molecule has 3 heterocycles. The van der Waals surface area contributed by atoms with Crippen LogP contribution in [0.1, 0.15) is 15.4 Å². The van der Waals surface area contributed by atoms with Crippen molar-refractivity contribution in [1.82, 2.24) is 9.97 Å². The highest BCUT2D eigenvalue weighted by atomic mass is 32.1. The minimum absolute atomic E-state index is 0.247. The molecule has 1 amide bonds. The maximum Gasteiger partial charge on any atom is 0.276 e. The number of methoxy groups -OCH3 is 1. The summed E-state index contributed by atoms with van der Waals surface area (Å²) in [5.41, 5.74) is 3.28. The van der Waals surface area contributed by atoms with Crippen LogP contribution in [0.5, 0.6) is 5.75 Å². The van der Waals surface area contributed by atoms with Crippen LogP contribution in [0.25, 0.3) is 21.8 Å². The van der Waals surface area contributed by atoms with Crippen molar-refractivity contribution in [2.45, 2.75) is 6.92 Å². The van der Waals surface area contributed by atoms with Crippen LogP contribution >= 0.6 is 34.0 Å². The van der Waals surface area contributed by atoms with Gasteiger partial charge in [-0.25, -0.2) is 9.97 Å². The predicted octanol–water partition coefficient (Wildman–Crippen LogP) is 5.56. The molecule has 3 aromatic heterocycles. The van der Waals surface area contributed by atoms with Crippen molar-refractivity contribution in [3.8, 4) is 27.6 Å². The van der Waals surface area contributed by atoms with Crippen LogP contribution in [0.3, 0.4) is 0 Å². The summed E-state index contributed by atoms with van der Waals surface area (Å²) in [6.45, 7) is 1.99. The van der Waals surface area contributed by atoms with E-state index in [-0.39, 0.29) is 5.91 Å². The molecule has 0 fully saturated rings. The zero-order valence-corrected chi connectivity index (χ0v) is 17.0. The van der Waals surface area contributed by atoms with Crippen molar-refractivity contribution in [2.24, 2.45) is 0 Å². The molecule has 4 aromatic rings. The molecule has 0 saturated carbocycles. The number of ether oxygens (including phenoxy) is 1. The van der Waals surface area contributed by atoms with Gasteiger partial charge in [-0.1, -0.05) is 0 Å². The number of thiophene rings is 1. The predicted molar refractivity (Wildman–Crippen MR) is 112 cm³/mol. The Balaban J connectivity index is 1.52. The van der Waals surface area contributed by atoms with E-state index in [9.17, 15) is 4.79 Å². The highest BCUT2D eigenvalue weighted by molar-refractivity contribution is 7.16. The first-order valence-corrected chi connectivity index (χ1v) is 10.7. The van der Waals surface area contributed by atoms with Gasteiger partial charge in [0.25, 0.3) is 5.91 Å². The van der Waals surface area contributed by atoms with E-state index in [2.05, 4.69) is 15.3 Å². The quantitative estimate of drug-likeness (QED) is 0.465. The molecule has 5 nitrogen and oxygen atoms in total. The average Bonchev–Trinajstić information content (AvgIpc) is 3.42. The minimum Gasteiger partial charge on any atom is -0.497 e. The third kappa shape index (κ3) is 3.78. The third-order valence-corrected chi connectivity index (χ3v) is 6.35. The van der Waals surface area contributed by atoms with E-state index in [0.717, 1.165) is 32.5 Å². The van der Waals surface area contributed by atoms with E-state index in [0.29, 0.717) is 10.8 Å². The van der Waals surface area contributed by atoms with Crippen LogP contribution < -0.4 is 10.1 Å². The maximum atomic E-state index is 12.5. The second-order valence-corrected chi connectivity index (χ2v) is 8.50. The molecular weight excluding hydrogens is 398 g/mol. The normalized spacial score (nSPS) is 10.7. The Morgan fingerprint density at radius 1 is 1.07 bits per heavy atom. The summed E-state index contributed by atoms with van der Waals surface area (Å²) in [6, 6.07) is 9.71. The Morgan fingerprint density at radius 2 is 1.89 bits per heavy atom. The zero-order chi connectivity index (χ0) is 18.8. The van der Waals surface area contributed by atoms with Gasteiger partial charge >= 0.3 is 0 Å². The number of hydrogen-bond donors (Lipinski definition) is 1. The molecule has 0 unspecified atom stereocenters. The molecule has 4 rings (SSSR count). The van der Waals surface area contributed by atoms with Gasteiger partial charge < -0.3 is 4.74 Å². The van der Waals surface area contributed by atoms with E-state index in [1.165, 1.54) is 22.7 Å². The van der Waals surface area contributed by atoms with E-state index < -0.39 is 0 Å². The highest BCUT2D eigenvalue weighted by Crippen LogP contribution is 2.32. The van der Waals surface area contributed by atoms with Crippen molar-refractivity contribution in [3.05, 3.63) is 57.0 Å². The number of rotatable bonds is 5. The van der Waals surface area contributed by atoms with Gasteiger partial charge in [-0.15, -0.1) is 22.7 Å². The fourth-order valence-corrected chi connectivity index (χ4v) is 4.87. The molecule has 0 saturated heterocycles. The number of amides is 1. The number of carbonyl (C=O) groups is 1. The first kappa shape index (κ1) is 17.8. The number of nitrogens with zero attached hydrogens (tertiary/aromatic N) is 2. The number of benzene rings is 1. The largest absolute Gasteiger partial charge is 0.497 e. The van der Waals surface area contributed by atoms with E-state index in [1.807, 2.05) is 48.0 Å². The van der Waals surface area contributed by atoms with Crippen LogP contribution in [-0.2, 0) is 0 Å². The Morgan fingerprint density at radius 3 is 2.59 bits per heavy atom. The van der Waals surface area contributed by atoms with Crippen molar-refractivity contribution in [1.29, 1.82) is 0 Å². The molecule has 0 bridgehead atoms. The van der Waals surface area contributed by atoms with Crippen molar-refractivity contribution < 1.29 is 9.53 Å². The molecule has 136 valence electrons. The minimum atomic E-state index is -0.247. The summed E-state index contributed by atoms with van der Waals surface area (Å²) in [5.74, 6) is 0.549. The fourth-order valence-electron chi connectivity index (χ4n) is 2.52. The number of hydrogen-bond acceptors (Lipinski definition) is 7. The molecule has 1 aromatic carbocycles. The highest BCUT2D eigenvalue weighted by Gasteiger charge is 2.16. The van der Waals surface area contributed by atoms with Crippen molar-refractivity contribution in [2.75, 3.05) is 12.4 Å². The van der Waals surface area contributed by atoms with Gasteiger partial charge in [-0.2, -0.15) is 11.3 Å². The monoisotopic (exact) mass is 413 g/mol. The summed E-state index contributed by atoms with van der Waals surface area (Å²) in [7, 11) is 1.64. The maximum absolute atomic E-state index is 12.5. The lowest BCUT2D eigenvalue weighted by Gasteiger charge is -2.01. The van der Waals surface area contributed by atoms with Gasteiger partial charge in [0, 0.05) is 26.8 Å². The molecule has 0 aliphatic carbocycles. The van der Waals surface area contributed by atoms with Crippen LogP contribution in [-0.4, -0.2) is 23.0 Å². The van der Waals surface area contributed by atoms with Gasteiger partial charge in [0.1, 0.15) is 16.5 Å². The number of aryl methyl sites for hydroxylation is 1. The average molecular weight is 414 g/mol. The number of nitrogens with one attached hydrogen (secondary N) is 1. The van der Waals surface area contributed by atoms with E-state index in [4.69, 9.17) is 4.74 Å². The lowest BCUT2D eigenvalue weighted by atomic mass is 10.1. The number of carbonyl (C=O) groups excluding carboxylic acids is 1. The molecule has 0 radical (unpaired) electrons. The Kier molecular flexibility index (Phi) is 5.02. The van der Waals surface area contributed by atoms with Gasteiger partial charge in [-0.05, 0) is 42.6 Å². The molecule has 8 heteroatoms. The van der Waals surface area contributed by atoms with Crippen LogP contribution in [0.2, 0.25) is 0 Å². The third-order valence-electron chi connectivity index (χ3n) is 3.89. The Hall–Kier alpha value is -2.55. The summed E-state index contributed by atoms with van der Waals surface area (Å²) < 4.78 is 5.19. The fraction of sp³-hybridized carbons (Fsp3) is 0.105. The molecule has 0 atom stereocenters. The molecule has 27 heavy (non-hydrogen) atoms. The van der Waals surface area contributed by atoms with Crippen molar-refractivity contribution in [3.63, 3.8) is 0 Å². The lowest BCUT2D eigenvalue weighted by molar-refractivity contribution is 0.102. The van der Waals surface area contributed by atoms with E-state index >= 15 is 0 Å². The summed E-state index contributed by atoms with van der Waals surface area (Å²) in [6.07, 6.45) is 0. The van der Waals surface area contributed by atoms with Gasteiger partial charge in [0.2, 0.25) is 0 Å². The standard InChI is InChI=1S/C19H15N3O2S3/c1-11-16(12-3-5-14(24-2)6-4-12)21-19(27-11)22-17(23)15-10-26-18(20-15)13-7-8-25-9-13/h3-10H,1-2H3,(H,21,22,23). The second kappa shape index (κ2) is 7.59. The van der Waals surface area contributed by atoms with E-state index in [1.54, 1.807) is 23.8 Å². The summed E-state index contributed by atoms with van der Waals surface area (Å²) in [5, 5.41) is 10.1. The van der Waals surface area contributed by atoms with Gasteiger partial charge in [0.15, 0.2) is 5.13 Å². The zero-order valence-electron chi connectivity index (χ0n) is 14.6. The molecule has 0 aliphatic heterocycles. The molecule has 0 aliphatic rings. The number of aromatic nitrogens is 2. The summed E-state index contributed by atoms with van der Waals surface area (Å²) >= 11 is 4.52. The SMILES string of the molecule is COc1ccc(-c2nc(NC(=O)c3csc(-c4ccsc4)n3)sc2C)cc1. The van der Waals surface area contributed by atoms with Crippen LogP contribution in [0.15, 0.2) is 46.5 Å². The van der Waals surface area contributed by atoms with Crippen molar-refractivity contribution >= 4 is 45.0 Å². The first-order chi connectivity index (χ1) is 13.1. The smallest absolute Gasteiger partial charge is 0.276 e. The number of anilines is 1. The van der Waals surface area contributed by atoms with Crippen LogP contribution in [0, 0.1) is 6.92 Å². The Bertz CT molecular complexity index is 1070. The second-order valence-electron chi connectivity index (χ2n) is 5.66. The van der Waals surface area contributed by atoms with Gasteiger partial charge in [0.05, 0.1) is 12.8 Å². The number of thiazole rings is 2. The van der Waals surface area contributed by atoms with Crippen LogP contribution in [0.4, 0.5) is 5.13 Å². The molecular formula is C19H15N3O2S3. The molecule has 0 spiro atoms. The topological polar surface area (TPSA) is 64.1 Å². The first-order valence-electron chi connectivity index (χ1n) is 8.05. The van der Waals surface area contributed by atoms with Gasteiger partial charge in [-0.3, -0.25) is 10.1 Å². The lowest BCUT2D eigenvalue weighted by Crippen LogP contribution is -2.12. The molecule has 1 N–H and O–H groups in total. The summed E-state index contributed by atoms with van der Waals surface area (Å²) in [4.78, 5) is 22.6. The Labute approximate surface area is 168 Å².